The summed E-state index contributed by atoms with van der Waals surface area (Å²) in [5.74, 6) is 1.60. The Morgan fingerprint density at radius 2 is 2.12 bits per heavy atom. The minimum atomic E-state index is -0.101. The normalized spacial score (nSPS) is 14.4. The van der Waals surface area contributed by atoms with Crippen LogP contribution in [0.3, 0.4) is 0 Å². The van der Waals surface area contributed by atoms with Gasteiger partial charge < -0.3 is 19.1 Å². The van der Waals surface area contributed by atoms with E-state index in [1.165, 1.54) is 12.4 Å². The molecule has 1 amide bonds. The molecular weight excluding hydrogens is 322 g/mol. The third kappa shape index (κ3) is 4.37. The first kappa shape index (κ1) is 17.4. The fourth-order valence-corrected chi connectivity index (χ4v) is 2.67. The average Bonchev–Trinajstić information content (AvgIpc) is 2.88. The molecule has 1 aliphatic rings. The fraction of sp³-hybridized carbons (Fsp3) is 0.562. The molecule has 2 aromatic rings. The maximum Gasteiger partial charge on any atom is 0.274 e. The van der Waals surface area contributed by atoms with Gasteiger partial charge in [0.25, 0.3) is 5.91 Å². The van der Waals surface area contributed by atoms with Gasteiger partial charge in [0.2, 0.25) is 0 Å². The molecule has 9 heteroatoms. The van der Waals surface area contributed by atoms with E-state index in [2.05, 4.69) is 29.6 Å². The highest BCUT2D eigenvalue weighted by atomic mass is 16.5. The summed E-state index contributed by atoms with van der Waals surface area (Å²) in [6.45, 7) is 3.77. The molecule has 0 radical (unpaired) electrons. The van der Waals surface area contributed by atoms with Crippen molar-refractivity contribution in [3.05, 3.63) is 35.9 Å². The zero-order valence-corrected chi connectivity index (χ0v) is 14.6. The van der Waals surface area contributed by atoms with Crippen molar-refractivity contribution >= 4 is 5.91 Å². The Balaban J connectivity index is 1.60. The van der Waals surface area contributed by atoms with E-state index in [9.17, 15) is 4.79 Å². The van der Waals surface area contributed by atoms with Gasteiger partial charge in [-0.3, -0.25) is 9.78 Å². The smallest absolute Gasteiger partial charge is 0.274 e. The van der Waals surface area contributed by atoms with Crippen LogP contribution in [0.1, 0.15) is 22.1 Å². The number of carbonyl (C=O) groups excluding carboxylic acids is 1. The van der Waals surface area contributed by atoms with Crippen molar-refractivity contribution in [2.24, 2.45) is 0 Å². The largest absolute Gasteiger partial charge is 0.372 e. The number of amides is 1. The van der Waals surface area contributed by atoms with Crippen LogP contribution in [-0.2, 0) is 24.3 Å². The van der Waals surface area contributed by atoms with Crippen LogP contribution in [0.15, 0.2) is 18.6 Å². The lowest BCUT2D eigenvalue weighted by atomic mass is 10.3. The van der Waals surface area contributed by atoms with Crippen molar-refractivity contribution in [2.75, 3.05) is 40.3 Å². The van der Waals surface area contributed by atoms with E-state index < -0.39 is 0 Å². The van der Waals surface area contributed by atoms with Crippen LogP contribution in [0.2, 0.25) is 0 Å². The molecule has 0 bridgehead atoms. The lowest BCUT2D eigenvalue weighted by Gasteiger charge is -2.19. The van der Waals surface area contributed by atoms with Crippen LogP contribution in [-0.4, -0.2) is 80.8 Å². The third-order valence-corrected chi connectivity index (χ3v) is 4.09. The van der Waals surface area contributed by atoms with Gasteiger partial charge in [0, 0.05) is 45.0 Å². The number of fused-ring (bicyclic) bond motifs is 1. The van der Waals surface area contributed by atoms with E-state index in [0.717, 1.165) is 18.2 Å². The van der Waals surface area contributed by atoms with E-state index in [0.29, 0.717) is 45.0 Å². The molecule has 0 spiro atoms. The maximum atomic E-state index is 12.5. The highest BCUT2D eigenvalue weighted by molar-refractivity contribution is 5.91. The van der Waals surface area contributed by atoms with Crippen molar-refractivity contribution in [3.63, 3.8) is 0 Å². The number of carbonyl (C=O) groups is 1. The summed E-state index contributed by atoms with van der Waals surface area (Å²) in [4.78, 5) is 24.4. The van der Waals surface area contributed by atoms with Gasteiger partial charge in [-0.2, -0.15) is 0 Å². The van der Waals surface area contributed by atoms with Crippen molar-refractivity contribution < 1.29 is 9.53 Å². The van der Waals surface area contributed by atoms with Crippen molar-refractivity contribution in [2.45, 2.75) is 19.6 Å². The zero-order valence-electron chi connectivity index (χ0n) is 14.6. The number of nitrogens with zero attached hydrogens (tertiary/aromatic N) is 7. The van der Waals surface area contributed by atoms with E-state index in [-0.39, 0.29) is 5.91 Å². The quantitative estimate of drug-likeness (QED) is 0.672. The molecule has 0 fully saturated rings. The highest BCUT2D eigenvalue weighted by Gasteiger charge is 2.23. The van der Waals surface area contributed by atoms with Crippen molar-refractivity contribution in [3.8, 4) is 0 Å². The minimum absolute atomic E-state index is 0.101. The van der Waals surface area contributed by atoms with Crippen molar-refractivity contribution in [1.82, 2.24) is 34.5 Å². The second-order valence-electron chi connectivity index (χ2n) is 6.17. The predicted octanol–water partition coefficient (Wildman–Crippen LogP) is -0.155. The molecule has 3 rings (SSSR count). The summed E-state index contributed by atoms with van der Waals surface area (Å²) in [6, 6.07) is 0. The highest BCUT2D eigenvalue weighted by Crippen LogP contribution is 2.12. The van der Waals surface area contributed by atoms with Gasteiger partial charge in [0.15, 0.2) is 5.82 Å². The second-order valence-corrected chi connectivity index (χ2v) is 6.17. The first-order valence-electron chi connectivity index (χ1n) is 8.34. The number of hydrogen-bond donors (Lipinski definition) is 0. The van der Waals surface area contributed by atoms with Crippen LogP contribution in [0.25, 0.3) is 0 Å². The summed E-state index contributed by atoms with van der Waals surface area (Å²) >= 11 is 0. The minimum Gasteiger partial charge on any atom is -0.372 e. The Labute approximate surface area is 146 Å². The zero-order chi connectivity index (χ0) is 17.6. The van der Waals surface area contributed by atoms with Gasteiger partial charge >= 0.3 is 0 Å². The molecule has 0 saturated heterocycles. The molecule has 25 heavy (non-hydrogen) atoms. The van der Waals surface area contributed by atoms with Crippen LogP contribution in [0.4, 0.5) is 0 Å². The third-order valence-electron chi connectivity index (χ3n) is 4.09. The number of rotatable bonds is 6. The molecule has 2 aromatic heterocycles. The molecule has 3 heterocycles. The summed E-state index contributed by atoms with van der Waals surface area (Å²) < 4.78 is 7.73. The number of likely N-dealkylation sites (N-methyl/N-ethyl adjacent to an activating group) is 1. The van der Waals surface area contributed by atoms with Gasteiger partial charge in [-0.25, -0.2) is 4.98 Å². The summed E-state index contributed by atoms with van der Waals surface area (Å²) in [5, 5.41) is 8.49. The molecular formula is C16H23N7O2. The van der Waals surface area contributed by atoms with Gasteiger partial charge in [0.05, 0.1) is 12.8 Å². The van der Waals surface area contributed by atoms with Crippen LogP contribution in [0.5, 0.6) is 0 Å². The predicted molar refractivity (Wildman–Crippen MR) is 89.9 cm³/mol. The molecule has 1 aliphatic heterocycles. The standard InChI is InChI=1S/C16H23N7O2/c1-21(2)9-10-25-12-15-20-19-14-3-6-22(7-8-23(14)15)16(24)13-11-17-4-5-18-13/h4-5,11H,3,6-10,12H2,1-2H3. The second kappa shape index (κ2) is 8.13. The first-order chi connectivity index (χ1) is 12.1. The van der Waals surface area contributed by atoms with Gasteiger partial charge in [-0.1, -0.05) is 0 Å². The Hall–Kier alpha value is -2.39. The maximum absolute atomic E-state index is 12.5. The van der Waals surface area contributed by atoms with Gasteiger partial charge in [-0.05, 0) is 14.1 Å². The van der Waals surface area contributed by atoms with Crippen molar-refractivity contribution in [1.29, 1.82) is 0 Å². The molecule has 0 unspecified atom stereocenters. The fourth-order valence-electron chi connectivity index (χ4n) is 2.67. The van der Waals surface area contributed by atoms with E-state index in [4.69, 9.17) is 4.74 Å². The van der Waals surface area contributed by atoms with E-state index in [1.807, 2.05) is 14.1 Å². The van der Waals surface area contributed by atoms with E-state index >= 15 is 0 Å². The summed E-state index contributed by atoms with van der Waals surface area (Å²) in [6.07, 6.45) is 5.25. The molecule has 0 saturated carbocycles. The number of ether oxygens (including phenoxy) is 1. The van der Waals surface area contributed by atoms with E-state index in [1.54, 1.807) is 11.1 Å². The van der Waals surface area contributed by atoms with Gasteiger partial charge in [0.1, 0.15) is 18.1 Å². The average molecular weight is 345 g/mol. The molecule has 9 nitrogen and oxygen atoms in total. The van der Waals surface area contributed by atoms with Crippen LogP contribution < -0.4 is 0 Å². The summed E-state index contributed by atoms with van der Waals surface area (Å²) in [5.41, 5.74) is 0.368. The van der Waals surface area contributed by atoms with Crippen LogP contribution >= 0.6 is 0 Å². The number of aromatic nitrogens is 5. The van der Waals surface area contributed by atoms with Crippen LogP contribution in [0, 0.1) is 0 Å². The Bertz CT molecular complexity index is 702. The molecule has 134 valence electrons. The Kier molecular flexibility index (Phi) is 5.67. The molecule has 0 N–H and O–H groups in total. The lowest BCUT2D eigenvalue weighted by Crippen LogP contribution is -2.34. The lowest BCUT2D eigenvalue weighted by molar-refractivity contribution is 0.0750. The molecule has 0 atom stereocenters. The topological polar surface area (TPSA) is 89.3 Å². The SMILES string of the molecule is CN(C)CCOCc1nnc2n1CCN(C(=O)c1cnccn1)CC2. The Morgan fingerprint density at radius 3 is 2.88 bits per heavy atom. The Morgan fingerprint density at radius 1 is 1.24 bits per heavy atom. The summed E-state index contributed by atoms with van der Waals surface area (Å²) in [7, 11) is 4.02. The van der Waals surface area contributed by atoms with Gasteiger partial charge in [-0.15, -0.1) is 10.2 Å². The monoisotopic (exact) mass is 345 g/mol. The first-order valence-corrected chi connectivity index (χ1v) is 8.34. The molecule has 0 aromatic carbocycles. The molecule has 0 aliphatic carbocycles. The number of hydrogen-bond acceptors (Lipinski definition) is 7.